The van der Waals surface area contributed by atoms with Crippen molar-refractivity contribution in [1.29, 1.82) is 0 Å². The molecule has 1 aromatic heterocycles. The van der Waals surface area contributed by atoms with Crippen LogP contribution in [0.5, 0.6) is 0 Å². The Hall–Kier alpha value is -1.92. The van der Waals surface area contributed by atoms with Gasteiger partial charge in [-0.1, -0.05) is 0 Å². The Labute approximate surface area is 172 Å². The first-order valence-corrected chi connectivity index (χ1v) is 10.1. The van der Waals surface area contributed by atoms with Crippen molar-refractivity contribution in [2.24, 2.45) is 0 Å². The van der Waals surface area contributed by atoms with Crippen molar-refractivity contribution in [2.45, 2.75) is 71.1 Å². The van der Waals surface area contributed by atoms with Gasteiger partial charge in [0.15, 0.2) is 5.11 Å². The van der Waals surface area contributed by atoms with Crippen molar-refractivity contribution in [3.63, 3.8) is 0 Å². The van der Waals surface area contributed by atoms with Gasteiger partial charge in [0.2, 0.25) is 0 Å². The van der Waals surface area contributed by atoms with Crippen LogP contribution >= 0.6 is 12.2 Å². The number of piperidine rings is 1. The lowest BCUT2D eigenvalue weighted by Crippen LogP contribution is -2.63. The molecule has 0 atom stereocenters. The van der Waals surface area contributed by atoms with Crippen LogP contribution < -0.4 is 10.6 Å². The molecule has 0 unspecified atom stereocenters. The van der Waals surface area contributed by atoms with Crippen LogP contribution in [-0.4, -0.2) is 27.1 Å². The lowest BCUT2D eigenvalue weighted by molar-refractivity contribution is 0.0981. The number of furan rings is 1. The highest BCUT2D eigenvalue weighted by Crippen LogP contribution is 2.33. The molecule has 1 aliphatic rings. The molecule has 1 aromatic carbocycles. The van der Waals surface area contributed by atoms with Crippen molar-refractivity contribution in [2.75, 3.05) is 5.32 Å². The number of halogens is 1. The maximum absolute atomic E-state index is 13.2. The molecule has 2 aromatic rings. The summed E-state index contributed by atoms with van der Waals surface area (Å²) >= 11 is 5.79. The largest absolute Gasteiger partial charge is 0.464 e. The van der Waals surface area contributed by atoms with E-state index in [-0.39, 0.29) is 22.9 Å². The molecule has 6 heteroatoms. The average molecular weight is 404 g/mol. The number of hydrogen-bond acceptors (Lipinski definition) is 3. The topological polar surface area (TPSA) is 40.4 Å². The fraction of sp³-hybridized carbons (Fsp3) is 0.500. The number of nitrogens with zero attached hydrogens (tertiary/aromatic N) is 1. The second-order valence-electron chi connectivity index (χ2n) is 9.03. The molecule has 2 N–H and O–H groups in total. The molecule has 2 heterocycles. The average Bonchev–Trinajstić information content (AvgIpc) is 2.97. The molecule has 0 saturated carbocycles. The van der Waals surface area contributed by atoms with E-state index >= 15 is 0 Å². The van der Waals surface area contributed by atoms with E-state index in [1.807, 2.05) is 19.1 Å². The minimum Gasteiger partial charge on any atom is -0.464 e. The zero-order chi connectivity index (χ0) is 20.5. The van der Waals surface area contributed by atoms with Crippen LogP contribution in [0, 0.1) is 12.7 Å². The quantitative estimate of drug-likeness (QED) is 0.684. The second-order valence-corrected chi connectivity index (χ2v) is 9.42. The van der Waals surface area contributed by atoms with Crippen LogP contribution in [0.15, 0.2) is 40.8 Å². The first kappa shape index (κ1) is 20.8. The molecule has 28 heavy (non-hydrogen) atoms. The summed E-state index contributed by atoms with van der Waals surface area (Å²) in [6, 6.07) is 10.5. The van der Waals surface area contributed by atoms with E-state index in [9.17, 15) is 4.39 Å². The van der Waals surface area contributed by atoms with Gasteiger partial charge in [0.1, 0.15) is 17.3 Å². The lowest BCUT2D eigenvalue weighted by atomic mass is 9.79. The Bertz CT molecular complexity index is 813. The Morgan fingerprint density at radius 3 is 2.29 bits per heavy atom. The van der Waals surface area contributed by atoms with Gasteiger partial charge in [-0.2, -0.15) is 0 Å². The summed E-state index contributed by atoms with van der Waals surface area (Å²) < 4.78 is 19.1. The summed E-state index contributed by atoms with van der Waals surface area (Å²) in [6.07, 6.45) is 1.92. The van der Waals surface area contributed by atoms with Gasteiger partial charge in [0, 0.05) is 22.8 Å². The number of benzene rings is 1. The monoisotopic (exact) mass is 403 g/mol. The van der Waals surface area contributed by atoms with Gasteiger partial charge in [-0.15, -0.1) is 0 Å². The zero-order valence-corrected chi connectivity index (χ0v) is 18.1. The fourth-order valence-electron chi connectivity index (χ4n) is 4.32. The van der Waals surface area contributed by atoms with E-state index in [0.717, 1.165) is 30.0 Å². The number of thiocarbonyl (C=S) groups is 1. The molecular formula is C22H30FN3OS. The number of rotatable bonds is 4. The molecule has 1 aliphatic heterocycles. The second kappa shape index (κ2) is 7.84. The van der Waals surface area contributed by atoms with Gasteiger partial charge in [-0.25, -0.2) is 4.39 Å². The van der Waals surface area contributed by atoms with Crippen LogP contribution in [0.25, 0.3) is 0 Å². The van der Waals surface area contributed by atoms with E-state index in [1.54, 1.807) is 12.1 Å². The van der Waals surface area contributed by atoms with E-state index in [4.69, 9.17) is 16.6 Å². The number of anilines is 1. The molecule has 0 aliphatic carbocycles. The van der Waals surface area contributed by atoms with Gasteiger partial charge in [0.05, 0.1) is 6.54 Å². The molecule has 4 nitrogen and oxygen atoms in total. The molecule has 0 spiro atoms. The van der Waals surface area contributed by atoms with Crippen LogP contribution in [0.2, 0.25) is 0 Å². The van der Waals surface area contributed by atoms with Crippen molar-refractivity contribution >= 4 is 23.0 Å². The van der Waals surface area contributed by atoms with E-state index in [2.05, 4.69) is 43.2 Å². The van der Waals surface area contributed by atoms with Crippen LogP contribution in [0.4, 0.5) is 10.1 Å². The maximum atomic E-state index is 13.2. The van der Waals surface area contributed by atoms with Gasteiger partial charge >= 0.3 is 0 Å². The highest BCUT2D eigenvalue weighted by atomic mass is 32.1. The zero-order valence-electron chi connectivity index (χ0n) is 17.3. The number of aryl methyl sites for hydroxylation is 1. The predicted octanol–water partition coefficient (Wildman–Crippen LogP) is 5.24. The summed E-state index contributed by atoms with van der Waals surface area (Å²) in [5.41, 5.74) is 0.768. The first-order valence-electron chi connectivity index (χ1n) is 9.71. The standard InChI is InChI=1S/C22H30FN3OS/c1-15-6-11-19(27-15)14-26(18-12-21(2,3)25-22(4,5)13-18)20(28)24-17-9-7-16(23)8-10-17/h6-11,18,25H,12-14H2,1-5H3,(H,24,28). The van der Waals surface area contributed by atoms with Crippen molar-refractivity contribution < 1.29 is 8.81 Å². The minimum atomic E-state index is -0.263. The Morgan fingerprint density at radius 1 is 1.14 bits per heavy atom. The number of nitrogens with one attached hydrogen (secondary N) is 2. The van der Waals surface area contributed by atoms with E-state index in [0.29, 0.717) is 11.7 Å². The Morgan fingerprint density at radius 2 is 1.75 bits per heavy atom. The van der Waals surface area contributed by atoms with Gasteiger partial charge < -0.3 is 20.0 Å². The molecule has 1 saturated heterocycles. The fourth-order valence-corrected chi connectivity index (χ4v) is 4.65. The van der Waals surface area contributed by atoms with E-state index < -0.39 is 0 Å². The Balaban J connectivity index is 1.85. The van der Waals surface area contributed by atoms with Crippen LogP contribution in [-0.2, 0) is 6.54 Å². The summed E-state index contributed by atoms with van der Waals surface area (Å²) in [5, 5.41) is 7.63. The van der Waals surface area contributed by atoms with Crippen molar-refractivity contribution in [1.82, 2.24) is 10.2 Å². The van der Waals surface area contributed by atoms with Gasteiger partial charge in [-0.05, 0) is 96.1 Å². The lowest BCUT2D eigenvalue weighted by Gasteiger charge is -2.50. The molecule has 0 bridgehead atoms. The van der Waals surface area contributed by atoms with Gasteiger partial charge in [-0.3, -0.25) is 0 Å². The van der Waals surface area contributed by atoms with Crippen molar-refractivity contribution in [3.8, 4) is 0 Å². The SMILES string of the molecule is Cc1ccc(CN(C(=S)Nc2ccc(F)cc2)C2CC(C)(C)NC(C)(C)C2)o1. The summed E-state index contributed by atoms with van der Waals surface area (Å²) in [4.78, 5) is 2.21. The smallest absolute Gasteiger partial charge is 0.174 e. The normalized spacial score (nSPS) is 18.6. The number of hydrogen-bond donors (Lipinski definition) is 2. The van der Waals surface area contributed by atoms with E-state index in [1.165, 1.54) is 12.1 Å². The molecule has 3 rings (SSSR count). The molecule has 1 fully saturated rings. The summed E-state index contributed by atoms with van der Waals surface area (Å²) in [5.74, 6) is 1.51. The minimum absolute atomic E-state index is 0.00473. The van der Waals surface area contributed by atoms with Crippen LogP contribution in [0.3, 0.4) is 0 Å². The highest BCUT2D eigenvalue weighted by Gasteiger charge is 2.40. The highest BCUT2D eigenvalue weighted by molar-refractivity contribution is 7.80. The first-order chi connectivity index (χ1) is 13.0. The predicted molar refractivity (Wildman–Crippen MR) is 116 cm³/mol. The van der Waals surface area contributed by atoms with Gasteiger partial charge in [0.25, 0.3) is 0 Å². The Kier molecular flexibility index (Phi) is 5.82. The van der Waals surface area contributed by atoms with Crippen molar-refractivity contribution in [3.05, 3.63) is 53.7 Å². The molecule has 0 amide bonds. The molecule has 152 valence electrons. The third kappa shape index (κ3) is 5.32. The van der Waals surface area contributed by atoms with Crippen LogP contribution in [0.1, 0.15) is 52.1 Å². The molecule has 0 radical (unpaired) electrons. The maximum Gasteiger partial charge on any atom is 0.174 e. The third-order valence-corrected chi connectivity index (χ3v) is 5.42. The summed E-state index contributed by atoms with van der Waals surface area (Å²) in [7, 11) is 0. The summed E-state index contributed by atoms with van der Waals surface area (Å²) in [6.45, 7) is 11.5. The molecular weight excluding hydrogens is 373 g/mol. The third-order valence-electron chi connectivity index (χ3n) is 5.09.